The quantitative estimate of drug-likeness (QED) is 0.888. The second-order valence-electron chi connectivity index (χ2n) is 6.36. The summed E-state index contributed by atoms with van der Waals surface area (Å²) in [5.41, 5.74) is 0.889. The standard InChI is InChI=1S/C17H24ClFN2/c1-2-8-20-13-10-14-4-3-5-15(11-13)21(14)17-9-12(19)6-7-16(17)18/h6-7,9,13-15,20H,2-5,8,10-11H2,1H3. The van der Waals surface area contributed by atoms with Gasteiger partial charge in [-0.3, -0.25) is 0 Å². The van der Waals surface area contributed by atoms with Gasteiger partial charge in [0.2, 0.25) is 0 Å². The van der Waals surface area contributed by atoms with E-state index in [-0.39, 0.29) is 5.82 Å². The largest absolute Gasteiger partial charge is 0.364 e. The molecule has 2 aliphatic rings. The molecule has 0 aromatic heterocycles. The molecule has 0 aliphatic carbocycles. The normalized spacial score (nSPS) is 28.7. The maximum Gasteiger partial charge on any atom is 0.125 e. The Morgan fingerprint density at radius 2 is 2.00 bits per heavy atom. The zero-order valence-electron chi connectivity index (χ0n) is 12.6. The van der Waals surface area contributed by atoms with Gasteiger partial charge in [-0.05, 0) is 63.3 Å². The Morgan fingerprint density at radius 3 is 2.67 bits per heavy atom. The van der Waals surface area contributed by atoms with Gasteiger partial charge in [0.1, 0.15) is 5.82 Å². The molecule has 0 saturated carbocycles. The van der Waals surface area contributed by atoms with Crippen LogP contribution in [0.25, 0.3) is 0 Å². The number of benzene rings is 1. The number of rotatable bonds is 4. The minimum absolute atomic E-state index is 0.196. The van der Waals surface area contributed by atoms with Crippen molar-refractivity contribution in [2.45, 2.75) is 63.6 Å². The van der Waals surface area contributed by atoms with Crippen LogP contribution in [0.1, 0.15) is 45.4 Å². The van der Waals surface area contributed by atoms with E-state index >= 15 is 0 Å². The summed E-state index contributed by atoms with van der Waals surface area (Å²) in [5, 5.41) is 4.34. The van der Waals surface area contributed by atoms with E-state index in [0.29, 0.717) is 23.1 Å². The van der Waals surface area contributed by atoms with Crippen molar-refractivity contribution in [3.8, 4) is 0 Å². The molecule has 2 fully saturated rings. The van der Waals surface area contributed by atoms with Gasteiger partial charge in [0, 0.05) is 18.1 Å². The summed E-state index contributed by atoms with van der Waals surface area (Å²) in [5.74, 6) is -0.196. The van der Waals surface area contributed by atoms with Gasteiger partial charge in [0.15, 0.2) is 0 Å². The number of halogens is 2. The van der Waals surface area contributed by atoms with Gasteiger partial charge in [-0.2, -0.15) is 0 Å². The molecule has 0 radical (unpaired) electrons. The van der Waals surface area contributed by atoms with Gasteiger partial charge in [-0.15, -0.1) is 0 Å². The molecule has 2 saturated heterocycles. The summed E-state index contributed by atoms with van der Waals surface area (Å²) < 4.78 is 13.6. The summed E-state index contributed by atoms with van der Waals surface area (Å²) in [6, 6.07) is 6.31. The number of hydrogen-bond donors (Lipinski definition) is 1. The molecule has 2 atom stereocenters. The lowest BCUT2D eigenvalue weighted by atomic mass is 9.81. The highest BCUT2D eigenvalue weighted by molar-refractivity contribution is 6.33. The van der Waals surface area contributed by atoms with Crippen LogP contribution in [0.4, 0.5) is 10.1 Å². The number of fused-ring (bicyclic) bond motifs is 2. The smallest absolute Gasteiger partial charge is 0.125 e. The molecule has 0 amide bonds. The number of piperidine rings is 2. The van der Waals surface area contributed by atoms with Gasteiger partial charge in [0.05, 0.1) is 10.7 Å². The lowest BCUT2D eigenvalue weighted by Gasteiger charge is -2.50. The van der Waals surface area contributed by atoms with Crippen molar-refractivity contribution in [2.24, 2.45) is 0 Å². The fraction of sp³-hybridized carbons (Fsp3) is 0.647. The molecule has 2 nitrogen and oxygen atoms in total. The molecule has 3 rings (SSSR count). The third-order valence-corrected chi connectivity index (χ3v) is 5.16. The van der Waals surface area contributed by atoms with E-state index in [2.05, 4.69) is 17.1 Å². The van der Waals surface area contributed by atoms with Crippen molar-refractivity contribution in [1.82, 2.24) is 5.32 Å². The highest BCUT2D eigenvalue weighted by Gasteiger charge is 2.38. The summed E-state index contributed by atoms with van der Waals surface area (Å²) in [4.78, 5) is 2.40. The first kappa shape index (κ1) is 15.1. The Balaban J connectivity index is 1.82. The van der Waals surface area contributed by atoms with Crippen LogP contribution in [0.15, 0.2) is 18.2 Å². The van der Waals surface area contributed by atoms with Crippen LogP contribution in [0.5, 0.6) is 0 Å². The summed E-state index contributed by atoms with van der Waals surface area (Å²) in [6.45, 7) is 3.29. The minimum atomic E-state index is -0.196. The Kier molecular flexibility index (Phi) is 4.70. The fourth-order valence-corrected chi connectivity index (χ4v) is 4.19. The Hall–Kier alpha value is -0.800. The molecule has 1 aromatic rings. The first-order valence-corrected chi connectivity index (χ1v) is 8.53. The van der Waals surface area contributed by atoms with Crippen LogP contribution in [0.2, 0.25) is 5.02 Å². The van der Waals surface area contributed by atoms with Crippen LogP contribution in [-0.2, 0) is 0 Å². The average Bonchev–Trinajstić information content (AvgIpc) is 2.46. The van der Waals surface area contributed by atoms with Crippen molar-refractivity contribution in [3.05, 3.63) is 29.0 Å². The van der Waals surface area contributed by atoms with Crippen LogP contribution in [0, 0.1) is 5.82 Å². The first-order chi connectivity index (χ1) is 10.2. The molecule has 2 heterocycles. The van der Waals surface area contributed by atoms with Crippen molar-refractivity contribution in [3.63, 3.8) is 0 Å². The van der Waals surface area contributed by atoms with E-state index < -0.39 is 0 Å². The summed E-state index contributed by atoms with van der Waals surface area (Å²) >= 11 is 6.34. The number of anilines is 1. The third-order valence-electron chi connectivity index (χ3n) is 4.84. The number of nitrogens with one attached hydrogen (secondary N) is 1. The van der Waals surface area contributed by atoms with Crippen molar-refractivity contribution in [1.29, 1.82) is 0 Å². The lowest BCUT2D eigenvalue weighted by Crippen LogP contribution is -2.56. The molecule has 1 N–H and O–H groups in total. The molecular weight excluding hydrogens is 287 g/mol. The maximum atomic E-state index is 13.6. The predicted molar refractivity (Wildman–Crippen MR) is 86.6 cm³/mol. The first-order valence-electron chi connectivity index (χ1n) is 8.15. The Bertz CT molecular complexity index is 480. The average molecular weight is 311 g/mol. The van der Waals surface area contributed by atoms with Crippen LogP contribution in [-0.4, -0.2) is 24.7 Å². The van der Waals surface area contributed by atoms with Gasteiger partial charge >= 0.3 is 0 Å². The van der Waals surface area contributed by atoms with E-state index in [1.807, 2.05) is 0 Å². The van der Waals surface area contributed by atoms with Crippen molar-refractivity contribution >= 4 is 17.3 Å². The zero-order valence-corrected chi connectivity index (χ0v) is 13.4. The van der Waals surface area contributed by atoms with E-state index in [4.69, 9.17) is 11.6 Å². The van der Waals surface area contributed by atoms with Crippen LogP contribution >= 0.6 is 11.6 Å². The van der Waals surface area contributed by atoms with Crippen molar-refractivity contribution in [2.75, 3.05) is 11.4 Å². The monoisotopic (exact) mass is 310 g/mol. The van der Waals surface area contributed by atoms with E-state index in [9.17, 15) is 4.39 Å². The van der Waals surface area contributed by atoms with Gasteiger partial charge in [-0.1, -0.05) is 18.5 Å². The van der Waals surface area contributed by atoms with Gasteiger partial charge in [-0.25, -0.2) is 4.39 Å². The Labute approximate surface area is 131 Å². The third kappa shape index (κ3) is 3.19. The second kappa shape index (κ2) is 6.53. The molecule has 21 heavy (non-hydrogen) atoms. The summed E-state index contributed by atoms with van der Waals surface area (Å²) in [7, 11) is 0. The lowest BCUT2D eigenvalue weighted by molar-refractivity contribution is 0.246. The highest BCUT2D eigenvalue weighted by Crippen LogP contribution is 2.40. The molecule has 116 valence electrons. The molecule has 2 aliphatic heterocycles. The van der Waals surface area contributed by atoms with Gasteiger partial charge < -0.3 is 10.2 Å². The Morgan fingerprint density at radius 1 is 1.29 bits per heavy atom. The SMILES string of the molecule is CCCNC1CC2CCCC(C1)N2c1cc(F)ccc1Cl. The topological polar surface area (TPSA) is 15.3 Å². The van der Waals surface area contributed by atoms with E-state index in [1.54, 1.807) is 12.1 Å². The zero-order chi connectivity index (χ0) is 14.8. The highest BCUT2D eigenvalue weighted by atomic mass is 35.5. The predicted octanol–water partition coefficient (Wildman–Crippen LogP) is 4.37. The van der Waals surface area contributed by atoms with Crippen LogP contribution in [0.3, 0.4) is 0 Å². The molecular formula is C17H24ClFN2. The fourth-order valence-electron chi connectivity index (χ4n) is 3.97. The molecule has 1 aromatic carbocycles. The second-order valence-corrected chi connectivity index (χ2v) is 6.77. The van der Waals surface area contributed by atoms with E-state index in [1.165, 1.54) is 31.7 Å². The number of hydrogen-bond acceptors (Lipinski definition) is 2. The summed E-state index contributed by atoms with van der Waals surface area (Å²) in [6.07, 6.45) is 7.11. The minimum Gasteiger partial charge on any atom is -0.364 e. The van der Waals surface area contributed by atoms with Crippen LogP contribution < -0.4 is 10.2 Å². The van der Waals surface area contributed by atoms with Gasteiger partial charge in [0.25, 0.3) is 0 Å². The van der Waals surface area contributed by atoms with Crippen molar-refractivity contribution < 1.29 is 4.39 Å². The number of nitrogens with zero attached hydrogens (tertiary/aromatic N) is 1. The maximum absolute atomic E-state index is 13.6. The molecule has 4 heteroatoms. The van der Waals surface area contributed by atoms with E-state index in [0.717, 1.165) is 25.1 Å². The molecule has 0 spiro atoms. The molecule has 2 unspecified atom stereocenters. The molecule has 2 bridgehead atoms.